The summed E-state index contributed by atoms with van der Waals surface area (Å²) in [6.07, 6.45) is 0. The Morgan fingerprint density at radius 2 is 2.00 bits per heavy atom. The fourth-order valence-electron chi connectivity index (χ4n) is 0.629. The molecule has 0 aliphatic carbocycles. The van der Waals surface area contributed by atoms with Crippen molar-refractivity contribution < 1.29 is 8.78 Å². The Morgan fingerprint density at radius 3 is 2.42 bits per heavy atom. The number of halogens is 2. The largest absolute Gasteiger partial charge is 0.399 e. The van der Waals surface area contributed by atoms with Crippen molar-refractivity contribution in [2.45, 2.75) is 0 Å². The van der Waals surface area contributed by atoms with Crippen molar-refractivity contribution in [2.24, 2.45) is 0 Å². The van der Waals surface area contributed by atoms with Crippen LogP contribution < -0.4 is 5.73 Å². The molecule has 0 bridgehead atoms. The van der Waals surface area contributed by atoms with Crippen molar-refractivity contribution >= 4 is 5.69 Å². The van der Waals surface area contributed by atoms with Crippen molar-refractivity contribution in [2.75, 3.05) is 12.9 Å². The molecule has 2 nitrogen and oxygen atoms in total. The molecule has 0 aliphatic rings. The molecule has 0 fully saturated rings. The molecular formula is C8H8F2N2. The molecule has 1 rings (SSSR count). The van der Waals surface area contributed by atoms with Crippen molar-refractivity contribution in [3.8, 4) is 6.07 Å². The number of hydrogen-bond donors (Lipinski definition) is 1. The minimum absolute atomic E-state index is 0.0139. The summed E-state index contributed by atoms with van der Waals surface area (Å²) in [6, 6.07) is 5.57. The van der Waals surface area contributed by atoms with E-state index in [-0.39, 0.29) is 5.56 Å². The average Bonchev–Trinajstić information content (AvgIpc) is 2.13. The van der Waals surface area contributed by atoms with Crippen LogP contribution >= 0.6 is 0 Å². The van der Waals surface area contributed by atoms with Gasteiger partial charge in [-0.15, -0.1) is 0 Å². The van der Waals surface area contributed by atoms with Crippen LogP contribution in [0.1, 0.15) is 5.56 Å². The first-order valence-corrected chi connectivity index (χ1v) is 3.07. The van der Waals surface area contributed by atoms with Crippen LogP contribution in [0.15, 0.2) is 18.2 Å². The molecule has 0 heterocycles. The number of nitriles is 1. The van der Waals surface area contributed by atoms with E-state index in [4.69, 9.17) is 11.0 Å². The van der Waals surface area contributed by atoms with Gasteiger partial charge in [0.15, 0.2) is 0 Å². The molecule has 0 aromatic heterocycles. The minimum Gasteiger partial charge on any atom is -0.399 e. The third kappa shape index (κ3) is 2.54. The molecule has 4 heteroatoms. The van der Waals surface area contributed by atoms with Crippen molar-refractivity contribution in [3.63, 3.8) is 0 Å². The molecule has 0 saturated heterocycles. The van der Waals surface area contributed by atoms with Gasteiger partial charge in [0.2, 0.25) is 0 Å². The van der Waals surface area contributed by atoms with Crippen molar-refractivity contribution in [3.05, 3.63) is 29.6 Å². The Morgan fingerprint density at radius 1 is 1.42 bits per heavy atom. The number of benzene rings is 1. The van der Waals surface area contributed by atoms with Gasteiger partial charge in [0, 0.05) is 5.69 Å². The lowest BCUT2D eigenvalue weighted by atomic mass is 10.2. The molecule has 0 aliphatic heterocycles. The quantitative estimate of drug-likeness (QED) is 0.604. The highest BCUT2D eigenvalue weighted by molar-refractivity contribution is 5.45. The van der Waals surface area contributed by atoms with Gasteiger partial charge < -0.3 is 5.73 Å². The zero-order chi connectivity index (χ0) is 9.56. The summed E-state index contributed by atoms with van der Waals surface area (Å²) in [7, 11) is 0.500. The van der Waals surface area contributed by atoms with Crippen LogP contribution in [0.25, 0.3) is 0 Å². The standard InChI is InChI=1S/C7H5FN2.CH3F/c8-7-2-1-6(10)3-5(7)4-9;1-2/h1-3H,10H2;1H3. The summed E-state index contributed by atoms with van der Waals surface area (Å²) < 4.78 is 22.0. The molecule has 0 radical (unpaired) electrons. The molecule has 2 N–H and O–H groups in total. The Labute approximate surface area is 69.2 Å². The fraction of sp³-hybridized carbons (Fsp3) is 0.125. The van der Waals surface area contributed by atoms with Gasteiger partial charge in [-0.25, -0.2) is 4.39 Å². The van der Waals surface area contributed by atoms with Crippen LogP contribution in [0.2, 0.25) is 0 Å². The Bertz CT molecular complexity index is 292. The highest BCUT2D eigenvalue weighted by Gasteiger charge is 1.98. The van der Waals surface area contributed by atoms with Crippen LogP contribution in [0.4, 0.5) is 14.5 Å². The van der Waals surface area contributed by atoms with Gasteiger partial charge in [0.25, 0.3) is 0 Å². The molecule has 1 aromatic carbocycles. The lowest BCUT2D eigenvalue weighted by molar-refractivity contribution is 0.624. The lowest BCUT2D eigenvalue weighted by Crippen LogP contribution is -1.88. The zero-order valence-electron chi connectivity index (χ0n) is 6.51. The van der Waals surface area contributed by atoms with Crippen LogP contribution in [0.5, 0.6) is 0 Å². The van der Waals surface area contributed by atoms with E-state index in [0.717, 1.165) is 0 Å². The second-order valence-electron chi connectivity index (χ2n) is 1.85. The van der Waals surface area contributed by atoms with E-state index in [0.29, 0.717) is 12.9 Å². The lowest BCUT2D eigenvalue weighted by Gasteiger charge is -1.93. The average molecular weight is 170 g/mol. The SMILES string of the molecule is CF.N#Cc1cc(N)ccc1F. The number of alkyl halides is 1. The van der Waals surface area contributed by atoms with Crippen LogP contribution in [0.3, 0.4) is 0 Å². The number of nitrogens with two attached hydrogens (primary N) is 1. The maximum Gasteiger partial charge on any atom is 0.141 e. The van der Waals surface area contributed by atoms with Crippen LogP contribution in [-0.4, -0.2) is 7.18 Å². The second-order valence-corrected chi connectivity index (χ2v) is 1.85. The monoisotopic (exact) mass is 170 g/mol. The topological polar surface area (TPSA) is 49.8 Å². The highest BCUT2D eigenvalue weighted by Crippen LogP contribution is 2.09. The van der Waals surface area contributed by atoms with Gasteiger partial charge in [-0.1, -0.05) is 0 Å². The first kappa shape index (κ1) is 10.4. The van der Waals surface area contributed by atoms with Crippen LogP contribution in [-0.2, 0) is 0 Å². The predicted octanol–water partition coefficient (Wildman–Crippen LogP) is 1.87. The predicted molar refractivity (Wildman–Crippen MR) is 42.6 cm³/mol. The summed E-state index contributed by atoms with van der Waals surface area (Å²) in [4.78, 5) is 0. The normalized spacial score (nSPS) is 7.83. The van der Waals surface area contributed by atoms with Gasteiger partial charge in [-0.05, 0) is 18.2 Å². The number of nitrogen functional groups attached to an aromatic ring is 1. The minimum atomic E-state index is -0.531. The van der Waals surface area contributed by atoms with Crippen molar-refractivity contribution in [1.29, 1.82) is 5.26 Å². The summed E-state index contributed by atoms with van der Waals surface area (Å²) in [5.74, 6) is -0.531. The number of nitrogens with zero attached hydrogens (tertiary/aromatic N) is 1. The number of anilines is 1. The molecule has 12 heavy (non-hydrogen) atoms. The van der Waals surface area contributed by atoms with E-state index in [1.165, 1.54) is 18.2 Å². The first-order chi connectivity index (χ1) is 5.74. The van der Waals surface area contributed by atoms with Gasteiger partial charge in [-0.3, -0.25) is 4.39 Å². The summed E-state index contributed by atoms with van der Waals surface area (Å²) >= 11 is 0. The van der Waals surface area contributed by atoms with E-state index in [1.807, 2.05) is 0 Å². The first-order valence-electron chi connectivity index (χ1n) is 3.07. The summed E-state index contributed by atoms with van der Waals surface area (Å²) in [5, 5.41) is 8.30. The molecule has 1 aromatic rings. The van der Waals surface area contributed by atoms with E-state index in [9.17, 15) is 8.78 Å². The highest BCUT2D eigenvalue weighted by atomic mass is 19.1. The Balaban J connectivity index is 0.000000561. The van der Waals surface area contributed by atoms with E-state index >= 15 is 0 Å². The molecule has 0 atom stereocenters. The third-order valence-corrected chi connectivity index (χ3v) is 1.11. The van der Waals surface area contributed by atoms with Gasteiger partial charge in [0.05, 0.1) is 12.7 Å². The van der Waals surface area contributed by atoms with Crippen molar-refractivity contribution in [1.82, 2.24) is 0 Å². The smallest absolute Gasteiger partial charge is 0.141 e. The van der Waals surface area contributed by atoms with E-state index < -0.39 is 5.82 Å². The molecule has 0 amide bonds. The number of hydrogen-bond acceptors (Lipinski definition) is 2. The van der Waals surface area contributed by atoms with Gasteiger partial charge in [-0.2, -0.15) is 5.26 Å². The molecular weight excluding hydrogens is 162 g/mol. The third-order valence-electron chi connectivity index (χ3n) is 1.11. The molecule has 64 valence electrons. The Hall–Kier alpha value is -1.63. The number of rotatable bonds is 0. The fourth-order valence-corrected chi connectivity index (χ4v) is 0.629. The van der Waals surface area contributed by atoms with Crippen LogP contribution in [0, 0.1) is 17.1 Å². The second kappa shape index (κ2) is 5.08. The molecule has 0 unspecified atom stereocenters. The molecule has 0 spiro atoms. The zero-order valence-corrected chi connectivity index (χ0v) is 6.51. The van der Waals surface area contributed by atoms with E-state index in [1.54, 1.807) is 6.07 Å². The maximum atomic E-state index is 12.5. The maximum absolute atomic E-state index is 12.5. The van der Waals surface area contributed by atoms with Gasteiger partial charge >= 0.3 is 0 Å². The summed E-state index contributed by atoms with van der Waals surface area (Å²) in [5.41, 5.74) is 5.67. The molecule has 0 saturated carbocycles. The Kier molecular flexibility index (Phi) is 4.39. The summed E-state index contributed by atoms with van der Waals surface area (Å²) in [6.45, 7) is 0. The van der Waals surface area contributed by atoms with Gasteiger partial charge in [0.1, 0.15) is 11.9 Å². The van der Waals surface area contributed by atoms with E-state index in [2.05, 4.69) is 0 Å².